The molecule has 3 aromatic rings. The number of hydrogen-bond donors (Lipinski definition) is 1. The maximum atomic E-state index is 8.88. The van der Waals surface area contributed by atoms with E-state index in [1.54, 1.807) is 0 Å². The molecule has 1 atom stereocenters. The molecule has 0 saturated carbocycles. The van der Waals surface area contributed by atoms with Crippen LogP contribution in [0.4, 0.5) is 11.4 Å². The van der Waals surface area contributed by atoms with Crippen molar-refractivity contribution in [2.45, 2.75) is 53.4 Å². The number of hydrogen-bond acceptors (Lipinski definition) is 5. The molecule has 5 nitrogen and oxygen atoms in total. The number of rotatable bonds is 10. The summed E-state index contributed by atoms with van der Waals surface area (Å²) < 4.78 is 5.42. The smallest absolute Gasteiger partial charge is 0.141 e. The standard InChI is InChI=1S/C27H34N4O/c1-19(13-16-29)14-17-31(25-11-8-23(9-12-25)6-5-15-28)26-18-24(10-7-20(26)2)27-21(3)30-32-22(27)4/h7-12,18-19H,5-6,13-14,16-17,29H2,1-4H3. The van der Waals surface area contributed by atoms with Crippen LogP contribution in [0, 0.1) is 38.0 Å². The largest absolute Gasteiger partial charge is 0.361 e. The summed E-state index contributed by atoms with van der Waals surface area (Å²) in [5, 5.41) is 13.0. The third-order valence-electron chi connectivity index (χ3n) is 6.10. The summed E-state index contributed by atoms with van der Waals surface area (Å²) in [6, 6.07) is 17.4. The topological polar surface area (TPSA) is 79.1 Å². The molecule has 32 heavy (non-hydrogen) atoms. The minimum absolute atomic E-state index is 0.540. The van der Waals surface area contributed by atoms with Crippen LogP contribution in [0.1, 0.15) is 48.8 Å². The molecule has 0 aliphatic rings. The fraction of sp³-hybridized carbons (Fsp3) is 0.407. The molecule has 168 valence electrons. The monoisotopic (exact) mass is 430 g/mol. The highest BCUT2D eigenvalue weighted by Gasteiger charge is 2.17. The molecule has 3 rings (SSSR count). The Morgan fingerprint density at radius 1 is 1.09 bits per heavy atom. The second kappa shape index (κ2) is 11.0. The normalized spacial score (nSPS) is 11.9. The first kappa shape index (κ1) is 23.6. The average Bonchev–Trinajstić information content (AvgIpc) is 3.12. The second-order valence-corrected chi connectivity index (χ2v) is 8.65. The average molecular weight is 431 g/mol. The van der Waals surface area contributed by atoms with E-state index < -0.39 is 0 Å². The number of nitrogens with zero attached hydrogens (tertiary/aromatic N) is 3. The summed E-state index contributed by atoms with van der Waals surface area (Å²) in [6.07, 6.45) is 3.41. The Bertz CT molecular complexity index is 1040. The van der Waals surface area contributed by atoms with Crippen molar-refractivity contribution >= 4 is 11.4 Å². The van der Waals surface area contributed by atoms with Crippen molar-refractivity contribution in [1.29, 1.82) is 5.26 Å². The zero-order chi connectivity index (χ0) is 23.1. The predicted octanol–water partition coefficient (Wildman–Crippen LogP) is 6.24. The molecule has 0 aliphatic heterocycles. The third kappa shape index (κ3) is 5.57. The van der Waals surface area contributed by atoms with Crippen LogP contribution in [-0.2, 0) is 6.42 Å². The van der Waals surface area contributed by atoms with Gasteiger partial charge in [0.15, 0.2) is 0 Å². The van der Waals surface area contributed by atoms with Gasteiger partial charge in [0.25, 0.3) is 0 Å². The molecule has 0 radical (unpaired) electrons. The van der Waals surface area contributed by atoms with Gasteiger partial charge in [-0.15, -0.1) is 0 Å². The van der Waals surface area contributed by atoms with Crippen LogP contribution >= 0.6 is 0 Å². The van der Waals surface area contributed by atoms with Crippen molar-refractivity contribution in [1.82, 2.24) is 5.16 Å². The van der Waals surface area contributed by atoms with Gasteiger partial charge >= 0.3 is 0 Å². The lowest BCUT2D eigenvalue weighted by atomic mass is 9.99. The fourth-order valence-electron chi connectivity index (χ4n) is 4.16. The van der Waals surface area contributed by atoms with Crippen LogP contribution < -0.4 is 10.6 Å². The van der Waals surface area contributed by atoms with Crippen molar-refractivity contribution in [2.24, 2.45) is 11.7 Å². The Balaban J connectivity index is 1.99. The number of aromatic nitrogens is 1. The highest BCUT2D eigenvalue weighted by atomic mass is 16.5. The number of anilines is 2. The van der Waals surface area contributed by atoms with Gasteiger partial charge in [0.1, 0.15) is 5.76 Å². The highest BCUT2D eigenvalue weighted by molar-refractivity contribution is 5.76. The lowest BCUT2D eigenvalue weighted by Gasteiger charge is -2.29. The third-order valence-corrected chi connectivity index (χ3v) is 6.10. The van der Waals surface area contributed by atoms with Crippen molar-refractivity contribution in [3.05, 3.63) is 65.0 Å². The highest BCUT2D eigenvalue weighted by Crippen LogP contribution is 2.35. The molecule has 0 fully saturated rings. The van der Waals surface area contributed by atoms with Gasteiger partial charge in [-0.1, -0.05) is 36.3 Å². The van der Waals surface area contributed by atoms with Gasteiger partial charge in [0.05, 0.1) is 11.8 Å². The zero-order valence-corrected chi connectivity index (χ0v) is 19.7. The summed E-state index contributed by atoms with van der Waals surface area (Å²) in [4.78, 5) is 2.40. The molecule has 0 spiro atoms. The van der Waals surface area contributed by atoms with E-state index in [1.807, 2.05) is 13.8 Å². The van der Waals surface area contributed by atoms with Crippen LogP contribution in [-0.4, -0.2) is 18.2 Å². The van der Waals surface area contributed by atoms with E-state index in [0.717, 1.165) is 60.6 Å². The molecule has 1 unspecified atom stereocenters. The van der Waals surface area contributed by atoms with E-state index in [4.69, 9.17) is 15.5 Å². The maximum absolute atomic E-state index is 8.88. The van der Waals surface area contributed by atoms with E-state index in [1.165, 1.54) is 16.8 Å². The Labute approximate surface area is 191 Å². The quantitative estimate of drug-likeness (QED) is 0.412. The predicted molar refractivity (Wildman–Crippen MR) is 131 cm³/mol. The van der Waals surface area contributed by atoms with E-state index in [-0.39, 0.29) is 0 Å². The van der Waals surface area contributed by atoms with Gasteiger partial charge in [-0.3, -0.25) is 0 Å². The van der Waals surface area contributed by atoms with E-state index in [2.05, 4.69) is 72.4 Å². The molecule has 1 heterocycles. The minimum Gasteiger partial charge on any atom is -0.361 e. The fourth-order valence-corrected chi connectivity index (χ4v) is 4.16. The first-order valence-electron chi connectivity index (χ1n) is 11.4. The van der Waals surface area contributed by atoms with Crippen molar-refractivity contribution < 1.29 is 4.52 Å². The Kier molecular flexibility index (Phi) is 8.08. The lowest BCUT2D eigenvalue weighted by molar-refractivity contribution is 0.393. The Morgan fingerprint density at radius 2 is 1.84 bits per heavy atom. The molecule has 0 amide bonds. The van der Waals surface area contributed by atoms with Gasteiger partial charge in [-0.25, -0.2) is 0 Å². The van der Waals surface area contributed by atoms with Crippen LogP contribution in [0.15, 0.2) is 47.0 Å². The van der Waals surface area contributed by atoms with Crippen LogP contribution in [0.2, 0.25) is 0 Å². The number of nitrogens with two attached hydrogens (primary N) is 1. The molecule has 0 aliphatic carbocycles. The summed E-state index contributed by atoms with van der Waals surface area (Å²) in [6.45, 7) is 9.99. The lowest BCUT2D eigenvalue weighted by Crippen LogP contribution is -2.22. The molecule has 0 saturated heterocycles. The molecule has 2 N–H and O–H groups in total. The minimum atomic E-state index is 0.540. The first-order chi connectivity index (χ1) is 15.4. The van der Waals surface area contributed by atoms with E-state index >= 15 is 0 Å². The Morgan fingerprint density at radius 3 is 2.47 bits per heavy atom. The number of aryl methyl sites for hydroxylation is 4. The molecular weight excluding hydrogens is 396 g/mol. The van der Waals surface area contributed by atoms with E-state index in [9.17, 15) is 0 Å². The van der Waals surface area contributed by atoms with Gasteiger partial charge in [0, 0.05) is 29.9 Å². The second-order valence-electron chi connectivity index (χ2n) is 8.65. The van der Waals surface area contributed by atoms with Crippen LogP contribution in [0.25, 0.3) is 11.1 Å². The summed E-state index contributed by atoms with van der Waals surface area (Å²) in [5.41, 5.74) is 13.6. The number of nitriles is 1. The molecule has 1 aromatic heterocycles. The Hall–Kier alpha value is -3.10. The van der Waals surface area contributed by atoms with Gasteiger partial charge in [-0.05, 0) is 87.4 Å². The van der Waals surface area contributed by atoms with Crippen molar-refractivity contribution in [2.75, 3.05) is 18.0 Å². The maximum Gasteiger partial charge on any atom is 0.141 e. The summed E-state index contributed by atoms with van der Waals surface area (Å²) in [5.74, 6) is 1.39. The van der Waals surface area contributed by atoms with Gasteiger partial charge in [0.2, 0.25) is 0 Å². The van der Waals surface area contributed by atoms with Crippen molar-refractivity contribution in [3.63, 3.8) is 0 Å². The van der Waals surface area contributed by atoms with Gasteiger partial charge in [-0.2, -0.15) is 5.26 Å². The van der Waals surface area contributed by atoms with Crippen molar-refractivity contribution in [3.8, 4) is 17.2 Å². The zero-order valence-electron chi connectivity index (χ0n) is 19.7. The van der Waals surface area contributed by atoms with E-state index in [0.29, 0.717) is 12.3 Å². The summed E-state index contributed by atoms with van der Waals surface area (Å²) >= 11 is 0. The number of benzene rings is 2. The van der Waals surface area contributed by atoms with Gasteiger partial charge < -0.3 is 15.2 Å². The summed E-state index contributed by atoms with van der Waals surface area (Å²) in [7, 11) is 0. The molecule has 2 aromatic carbocycles. The molecule has 5 heteroatoms. The molecular formula is C27H34N4O. The van der Waals surface area contributed by atoms with Crippen LogP contribution in [0.3, 0.4) is 0 Å². The van der Waals surface area contributed by atoms with Crippen LogP contribution in [0.5, 0.6) is 0 Å². The first-order valence-corrected chi connectivity index (χ1v) is 11.4. The SMILES string of the molecule is Cc1ccc(-c2c(C)noc2C)cc1N(CCC(C)CCN)c1ccc(CCC#N)cc1. The molecule has 0 bridgehead atoms.